The Morgan fingerprint density at radius 3 is 2.67 bits per heavy atom. The second-order valence-electron chi connectivity index (χ2n) is 3.02. The summed E-state index contributed by atoms with van der Waals surface area (Å²) < 4.78 is 0. The molecule has 12 heavy (non-hydrogen) atoms. The van der Waals surface area contributed by atoms with Crippen molar-refractivity contribution in [2.24, 2.45) is 10.9 Å². The molecule has 1 unspecified atom stereocenters. The minimum absolute atomic E-state index is 0.701. The smallest absolute Gasteiger partial charge is 0.0400 e. The predicted molar refractivity (Wildman–Crippen MR) is 56.5 cm³/mol. The SMILES string of the molecule is C=CC(CC(C)CC)=N/C=C\C. The summed E-state index contributed by atoms with van der Waals surface area (Å²) in [4.78, 5) is 4.27. The maximum atomic E-state index is 4.27. The van der Waals surface area contributed by atoms with E-state index in [1.54, 1.807) is 0 Å². The molecule has 0 bridgehead atoms. The zero-order valence-corrected chi connectivity index (χ0v) is 8.38. The Kier molecular flexibility index (Phi) is 6.35. The molecule has 0 saturated carbocycles. The zero-order valence-electron chi connectivity index (χ0n) is 8.38. The predicted octanol–water partition coefficient (Wildman–Crippen LogP) is 3.58. The second-order valence-corrected chi connectivity index (χ2v) is 3.02. The maximum Gasteiger partial charge on any atom is 0.0400 e. The zero-order chi connectivity index (χ0) is 9.40. The van der Waals surface area contributed by atoms with Crippen molar-refractivity contribution in [3.05, 3.63) is 24.9 Å². The van der Waals surface area contributed by atoms with Gasteiger partial charge in [-0.1, -0.05) is 32.9 Å². The van der Waals surface area contributed by atoms with Crippen LogP contribution in [0.4, 0.5) is 0 Å². The molecule has 0 aliphatic carbocycles. The van der Waals surface area contributed by atoms with E-state index in [0.29, 0.717) is 5.92 Å². The maximum absolute atomic E-state index is 4.27. The minimum Gasteiger partial charge on any atom is -0.262 e. The summed E-state index contributed by atoms with van der Waals surface area (Å²) >= 11 is 0. The molecule has 0 aromatic rings. The summed E-state index contributed by atoms with van der Waals surface area (Å²) in [5, 5.41) is 0. The van der Waals surface area contributed by atoms with Crippen LogP contribution in [0.2, 0.25) is 0 Å². The third-order valence-corrected chi connectivity index (χ3v) is 1.88. The highest BCUT2D eigenvalue weighted by Crippen LogP contribution is 2.08. The van der Waals surface area contributed by atoms with Gasteiger partial charge in [0, 0.05) is 11.9 Å². The van der Waals surface area contributed by atoms with Gasteiger partial charge in [0.2, 0.25) is 0 Å². The van der Waals surface area contributed by atoms with Crippen LogP contribution in [-0.2, 0) is 0 Å². The lowest BCUT2D eigenvalue weighted by molar-refractivity contribution is 0.588. The molecule has 0 radical (unpaired) electrons. The van der Waals surface area contributed by atoms with Crippen LogP contribution in [0, 0.1) is 5.92 Å². The molecule has 1 atom stereocenters. The lowest BCUT2D eigenvalue weighted by atomic mass is 10.0. The number of nitrogens with zero attached hydrogens (tertiary/aromatic N) is 1. The molecule has 0 aliphatic rings. The molecule has 1 nitrogen and oxygen atoms in total. The lowest BCUT2D eigenvalue weighted by Crippen LogP contribution is -2.01. The molecule has 0 aromatic carbocycles. The topological polar surface area (TPSA) is 12.4 Å². The third-order valence-electron chi connectivity index (χ3n) is 1.88. The summed E-state index contributed by atoms with van der Waals surface area (Å²) in [6, 6.07) is 0. The fourth-order valence-electron chi connectivity index (χ4n) is 0.860. The fraction of sp³-hybridized carbons (Fsp3) is 0.545. The van der Waals surface area contributed by atoms with Gasteiger partial charge < -0.3 is 0 Å². The summed E-state index contributed by atoms with van der Waals surface area (Å²) in [5.74, 6) is 0.701. The number of rotatable bonds is 5. The van der Waals surface area contributed by atoms with Gasteiger partial charge in [-0.2, -0.15) is 0 Å². The molecule has 0 saturated heterocycles. The van der Waals surface area contributed by atoms with Gasteiger partial charge in [-0.15, -0.1) is 0 Å². The van der Waals surface area contributed by atoms with E-state index < -0.39 is 0 Å². The minimum atomic E-state index is 0.701. The highest BCUT2D eigenvalue weighted by molar-refractivity contribution is 5.94. The molecule has 68 valence electrons. The molecular weight excluding hydrogens is 146 g/mol. The quantitative estimate of drug-likeness (QED) is 0.552. The molecule has 0 aliphatic heterocycles. The van der Waals surface area contributed by atoms with Crippen molar-refractivity contribution in [1.29, 1.82) is 0 Å². The second kappa shape index (κ2) is 6.84. The van der Waals surface area contributed by atoms with E-state index in [2.05, 4.69) is 25.4 Å². The van der Waals surface area contributed by atoms with E-state index in [-0.39, 0.29) is 0 Å². The Morgan fingerprint density at radius 2 is 2.25 bits per heavy atom. The van der Waals surface area contributed by atoms with Gasteiger partial charge in [-0.05, 0) is 25.3 Å². The Hall–Kier alpha value is -0.850. The normalized spacial score (nSPS) is 15.1. The number of aliphatic imine (C=N–C) groups is 1. The molecule has 0 N–H and O–H groups in total. The van der Waals surface area contributed by atoms with Crippen LogP contribution in [-0.4, -0.2) is 5.71 Å². The molecular formula is C11H19N. The van der Waals surface area contributed by atoms with E-state index in [4.69, 9.17) is 0 Å². The average Bonchev–Trinajstić information content (AvgIpc) is 2.11. The first-order chi connectivity index (χ1) is 5.74. The van der Waals surface area contributed by atoms with Gasteiger partial charge in [0.15, 0.2) is 0 Å². The van der Waals surface area contributed by atoms with Gasteiger partial charge >= 0.3 is 0 Å². The van der Waals surface area contributed by atoms with Crippen LogP contribution in [0.15, 0.2) is 29.9 Å². The summed E-state index contributed by atoms with van der Waals surface area (Å²) in [6.45, 7) is 10.1. The highest BCUT2D eigenvalue weighted by atomic mass is 14.7. The molecule has 0 aromatic heterocycles. The average molecular weight is 165 g/mol. The van der Waals surface area contributed by atoms with Crippen molar-refractivity contribution in [3.63, 3.8) is 0 Å². The van der Waals surface area contributed by atoms with Crippen molar-refractivity contribution < 1.29 is 0 Å². The molecule has 0 amide bonds. The van der Waals surface area contributed by atoms with Crippen LogP contribution < -0.4 is 0 Å². The molecule has 0 heterocycles. The van der Waals surface area contributed by atoms with Crippen molar-refractivity contribution in [2.45, 2.75) is 33.6 Å². The number of allylic oxidation sites excluding steroid dienone is 2. The Balaban J connectivity index is 4.07. The monoisotopic (exact) mass is 165 g/mol. The molecule has 0 rings (SSSR count). The van der Waals surface area contributed by atoms with Crippen LogP contribution >= 0.6 is 0 Å². The lowest BCUT2D eigenvalue weighted by Gasteiger charge is -2.06. The van der Waals surface area contributed by atoms with E-state index in [1.165, 1.54) is 6.42 Å². The molecule has 0 spiro atoms. The molecule has 1 heteroatoms. The number of hydrogen-bond acceptors (Lipinski definition) is 1. The number of hydrogen-bond donors (Lipinski definition) is 0. The van der Waals surface area contributed by atoms with Crippen molar-refractivity contribution in [1.82, 2.24) is 0 Å². The first-order valence-electron chi connectivity index (χ1n) is 4.54. The standard InChI is InChI=1S/C11H19N/c1-5-8-12-11(7-3)9-10(4)6-2/h5,7-8,10H,3,6,9H2,1-2,4H3/b8-5-,12-11?. The van der Waals surface area contributed by atoms with Crippen molar-refractivity contribution >= 4 is 5.71 Å². The summed E-state index contributed by atoms with van der Waals surface area (Å²) in [7, 11) is 0. The summed E-state index contributed by atoms with van der Waals surface area (Å²) in [5.41, 5.74) is 1.09. The Bertz CT molecular complexity index is 177. The third kappa shape index (κ3) is 4.89. The first-order valence-corrected chi connectivity index (χ1v) is 4.54. The molecule has 0 fully saturated rings. The van der Waals surface area contributed by atoms with E-state index >= 15 is 0 Å². The van der Waals surface area contributed by atoms with E-state index in [1.807, 2.05) is 25.3 Å². The van der Waals surface area contributed by atoms with Gasteiger partial charge in [0.1, 0.15) is 0 Å². The summed E-state index contributed by atoms with van der Waals surface area (Å²) in [6.07, 6.45) is 7.82. The highest BCUT2D eigenvalue weighted by Gasteiger charge is 2.00. The van der Waals surface area contributed by atoms with Gasteiger partial charge in [-0.3, -0.25) is 4.99 Å². The van der Waals surface area contributed by atoms with Gasteiger partial charge in [-0.25, -0.2) is 0 Å². The van der Waals surface area contributed by atoms with Gasteiger partial charge in [0.25, 0.3) is 0 Å². The van der Waals surface area contributed by atoms with E-state index in [0.717, 1.165) is 12.1 Å². The van der Waals surface area contributed by atoms with Crippen molar-refractivity contribution in [2.75, 3.05) is 0 Å². The Labute approximate surface area is 75.9 Å². The van der Waals surface area contributed by atoms with Crippen LogP contribution in [0.25, 0.3) is 0 Å². The fourth-order valence-corrected chi connectivity index (χ4v) is 0.860. The van der Waals surface area contributed by atoms with Crippen molar-refractivity contribution in [3.8, 4) is 0 Å². The van der Waals surface area contributed by atoms with Crippen LogP contribution in [0.3, 0.4) is 0 Å². The Morgan fingerprint density at radius 1 is 1.58 bits per heavy atom. The van der Waals surface area contributed by atoms with Crippen LogP contribution in [0.1, 0.15) is 33.6 Å². The largest absolute Gasteiger partial charge is 0.262 e. The first kappa shape index (κ1) is 11.2. The van der Waals surface area contributed by atoms with E-state index in [9.17, 15) is 0 Å². The van der Waals surface area contributed by atoms with Crippen LogP contribution in [0.5, 0.6) is 0 Å². The van der Waals surface area contributed by atoms with Gasteiger partial charge in [0.05, 0.1) is 0 Å².